The zero-order valence-corrected chi connectivity index (χ0v) is 8.97. The van der Waals surface area contributed by atoms with Crippen LogP contribution >= 0.6 is 0 Å². The van der Waals surface area contributed by atoms with E-state index in [1.54, 1.807) is 0 Å². The standard InChI is InChI=1S/C11H22N2/c1-5-6-8-11(2)12-9-7-10-13(3)4/h5,12H,1-2,6-10H2,3-4H3. The Morgan fingerprint density at radius 3 is 2.69 bits per heavy atom. The first kappa shape index (κ1) is 12.2. The van der Waals surface area contributed by atoms with E-state index in [2.05, 4.69) is 37.5 Å². The zero-order valence-electron chi connectivity index (χ0n) is 8.97. The first-order valence-corrected chi connectivity index (χ1v) is 4.84. The van der Waals surface area contributed by atoms with Crippen molar-refractivity contribution in [2.24, 2.45) is 0 Å². The van der Waals surface area contributed by atoms with E-state index in [0.717, 1.165) is 31.6 Å². The number of hydrogen-bond acceptors (Lipinski definition) is 2. The first-order valence-electron chi connectivity index (χ1n) is 4.84. The third kappa shape index (κ3) is 9.15. The van der Waals surface area contributed by atoms with Crippen LogP contribution < -0.4 is 5.32 Å². The average Bonchev–Trinajstić information content (AvgIpc) is 2.08. The molecule has 0 radical (unpaired) electrons. The molecular weight excluding hydrogens is 160 g/mol. The highest BCUT2D eigenvalue weighted by molar-refractivity contribution is 4.92. The Labute approximate surface area is 82.3 Å². The SMILES string of the molecule is C=CCCC(=C)NCCCN(C)C. The molecule has 0 heterocycles. The summed E-state index contributed by atoms with van der Waals surface area (Å²) in [6.07, 6.45) is 5.11. The van der Waals surface area contributed by atoms with Crippen LogP contribution in [0.5, 0.6) is 0 Å². The molecular formula is C11H22N2. The predicted octanol–water partition coefficient (Wildman–Crippen LogP) is 2.01. The molecule has 0 aromatic rings. The van der Waals surface area contributed by atoms with Crippen LogP contribution in [0.3, 0.4) is 0 Å². The van der Waals surface area contributed by atoms with Gasteiger partial charge in [-0.25, -0.2) is 0 Å². The third-order valence-electron chi connectivity index (χ3n) is 1.81. The van der Waals surface area contributed by atoms with Crippen molar-refractivity contribution in [1.82, 2.24) is 10.2 Å². The van der Waals surface area contributed by atoms with Gasteiger partial charge in [-0.3, -0.25) is 0 Å². The van der Waals surface area contributed by atoms with E-state index < -0.39 is 0 Å². The van der Waals surface area contributed by atoms with E-state index in [-0.39, 0.29) is 0 Å². The quantitative estimate of drug-likeness (QED) is 0.456. The molecule has 0 unspecified atom stereocenters. The molecule has 0 saturated carbocycles. The molecule has 0 fully saturated rings. The first-order chi connectivity index (χ1) is 6.16. The van der Waals surface area contributed by atoms with Crippen LogP contribution in [0.4, 0.5) is 0 Å². The van der Waals surface area contributed by atoms with Gasteiger partial charge in [-0.15, -0.1) is 6.58 Å². The lowest BCUT2D eigenvalue weighted by Gasteiger charge is -2.11. The normalized spacial score (nSPS) is 10.1. The Bertz CT molecular complexity index is 150. The summed E-state index contributed by atoms with van der Waals surface area (Å²) in [6.45, 7) is 9.76. The maximum atomic E-state index is 3.94. The fraction of sp³-hybridized carbons (Fsp3) is 0.636. The summed E-state index contributed by atoms with van der Waals surface area (Å²) < 4.78 is 0. The number of nitrogens with zero attached hydrogens (tertiary/aromatic N) is 1. The summed E-state index contributed by atoms with van der Waals surface area (Å²) in [5.41, 5.74) is 1.12. The molecule has 0 aromatic carbocycles. The van der Waals surface area contributed by atoms with Gasteiger partial charge in [-0.1, -0.05) is 12.7 Å². The van der Waals surface area contributed by atoms with Crippen LogP contribution in [-0.4, -0.2) is 32.1 Å². The second-order valence-corrected chi connectivity index (χ2v) is 3.51. The second kappa shape index (κ2) is 7.87. The Morgan fingerprint density at radius 1 is 1.46 bits per heavy atom. The lowest BCUT2D eigenvalue weighted by molar-refractivity contribution is 0.397. The van der Waals surface area contributed by atoms with Crippen LogP contribution in [0.25, 0.3) is 0 Å². The molecule has 2 heteroatoms. The topological polar surface area (TPSA) is 15.3 Å². The van der Waals surface area contributed by atoms with Crippen molar-refractivity contribution in [3.05, 3.63) is 24.9 Å². The minimum absolute atomic E-state index is 1.01. The van der Waals surface area contributed by atoms with Crippen molar-refractivity contribution in [2.75, 3.05) is 27.2 Å². The number of hydrogen-bond donors (Lipinski definition) is 1. The molecule has 0 aliphatic rings. The fourth-order valence-corrected chi connectivity index (χ4v) is 1.03. The smallest absolute Gasteiger partial charge is 0.0155 e. The molecule has 0 aliphatic carbocycles. The maximum absolute atomic E-state index is 3.94. The van der Waals surface area contributed by atoms with E-state index in [4.69, 9.17) is 0 Å². The lowest BCUT2D eigenvalue weighted by atomic mass is 10.2. The van der Waals surface area contributed by atoms with Crippen molar-refractivity contribution in [1.29, 1.82) is 0 Å². The van der Waals surface area contributed by atoms with Gasteiger partial charge in [0.1, 0.15) is 0 Å². The van der Waals surface area contributed by atoms with E-state index in [0.29, 0.717) is 0 Å². The molecule has 1 N–H and O–H groups in total. The van der Waals surface area contributed by atoms with Crippen LogP contribution in [0, 0.1) is 0 Å². The molecule has 13 heavy (non-hydrogen) atoms. The minimum Gasteiger partial charge on any atom is -0.389 e. The van der Waals surface area contributed by atoms with Crippen molar-refractivity contribution in [3.8, 4) is 0 Å². The molecule has 76 valence electrons. The van der Waals surface area contributed by atoms with Gasteiger partial charge in [0.05, 0.1) is 0 Å². The largest absolute Gasteiger partial charge is 0.389 e. The van der Waals surface area contributed by atoms with Gasteiger partial charge in [0.15, 0.2) is 0 Å². The molecule has 0 saturated heterocycles. The summed E-state index contributed by atoms with van der Waals surface area (Å²) in [4.78, 5) is 2.19. The summed E-state index contributed by atoms with van der Waals surface area (Å²) in [5, 5.41) is 3.30. The van der Waals surface area contributed by atoms with Crippen LogP contribution in [0.15, 0.2) is 24.9 Å². The predicted molar refractivity (Wildman–Crippen MR) is 59.7 cm³/mol. The Balaban J connectivity index is 3.21. The number of rotatable bonds is 8. The van der Waals surface area contributed by atoms with Gasteiger partial charge in [0.25, 0.3) is 0 Å². The van der Waals surface area contributed by atoms with Crippen LogP contribution in [0.1, 0.15) is 19.3 Å². The summed E-state index contributed by atoms with van der Waals surface area (Å²) in [5.74, 6) is 0. The number of nitrogens with one attached hydrogen (secondary N) is 1. The molecule has 0 spiro atoms. The van der Waals surface area contributed by atoms with E-state index >= 15 is 0 Å². The van der Waals surface area contributed by atoms with Crippen molar-refractivity contribution in [2.45, 2.75) is 19.3 Å². The molecule has 0 atom stereocenters. The van der Waals surface area contributed by atoms with Crippen molar-refractivity contribution < 1.29 is 0 Å². The lowest BCUT2D eigenvalue weighted by Crippen LogP contribution is -2.20. The second-order valence-electron chi connectivity index (χ2n) is 3.51. The van der Waals surface area contributed by atoms with Gasteiger partial charge >= 0.3 is 0 Å². The number of allylic oxidation sites excluding steroid dienone is 2. The van der Waals surface area contributed by atoms with Gasteiger partial charge in [0.2, 0.25) is 0 Å². The van der Waals surface area contributed by atoms with Gasteiger partial charge in [-0.2, -0.15) is 0 Å². The van der Waals surface area contributed by atoms with E-state index in [9.17, 15) is 0 Å². The minimum atomic E-state index is 1.01. The molecule has 0 aliphatic heterocycles. The Kier molecular flexibility index (Phi) is 7.41. The summed E-state index contributed by atoms with van der Waals surface area (Å²) in [7, 11) is 4.18. The fourth-order valence-electron chi connectivity index (χ4n) is 1.03. The van der Waals surface area contributed by atoms with Crippen LogP contribution in [-0.2, 0) is 0 Å². The molecule has 2 nitrogen and oxygen atoms in total. The van der Waals surface area contributed by atoms with Gasteiger partial charge < -0.3 is 10.2 Å². The summed E-state index contributed by atoms with van der Waals surface area (Å²) >= 11 is 0. The highest BCUT2D eigenvalue weighted by Crippen LogP contribution is 1.98. The summed E-state index contributed by atoms with van der Waals surface area (Å²) in [6, 6.07) is 0. The van der Waals surface area contributed by atoms with Gasteiger partial charge in [0, 0.05) is 12.2 Å². The molecule has 0 aromatic heterocycles. The van der Waals surface area contributed by atoms with Gasteiger partial charge in [-0.05, 0) is 39.9 Å². The van der Waals surface area contributed by atoms with E-state index in [1.165, 1.54) is 6.42 Å². The molecule has 0 amide bonds. The van der Waals surface area contributed by atoms with Crippen LogP contribution in [0.2, 0.25) is 0 Å². The van der Waals surface area contributed by atoms with Crippen molar-refractivity contribution >= 4 is 0 Å². The zero-order chi connectivity index (χ0) is 10.1. The third-order valence-corrected chi connectivity index (χ3v) is 1.81. The Hall–Kier alpha value is -0.760. The maximum Gasteiger partial charge on any atom is 0.0155 e. The highest BCUT2D eigenvalue weighted by atomic mass is 15.1. The molecule has 0 rings (SSSR count). The van der Waals surface area contributed by atoms with E-state index in [1.807, 2.05) is 6.08 Å². The monoisotopic (exact) mass is 182 g/mol. The highest BCUT2D eigenvalue weighted by Gasteiger charge is 1.92. The average molecular weight is 182 g/mol. The molecule has 0 bridgehead atoms. The van der Waals surface area contributed by atoms with Crippen molar-refractivity contribution in [3.63, 3.8) is 0 Å². The Morgan fingerprint density at radius 2 is 2.15 bits per heavy atom.